The predicted molar refractivity (Wildman–Crippen MR) is 382 cm³/mol. The van der Waals surface area contributed by atoms with E-state index in [0.717, 1.165) is 0 Å². The van der Waals surface area contributed by atoms with Gasteiger partial charge in [-0.2, -0.15) is 0 Å². The minimum Gasteiger partial charge on any atom is -0.380 e. The van der Waals surface area contributed by atoms with Crippen molar-refractivity contribution in [3.8, 4) is 0 Å². The molecule has 0 aliphatic carbocycles. The Hall–Kier alpha value is -9.60. The zero-order valence-corrected chi connectivity index (χ0v) is 59.0. The summed E-state index contributed by atoms with van der Waals surface area (Å²) in [6.45, 7) is -2.78. The summed E-state index contributed by atoms with van der Waals surface area (Å²) in [7, 11) is 0. The second-order valence-corrected chi connectivity index (χ2v) is 23.2. The summed E-state index contributed by atoms with van der Waals surface area (Å²) in [6, 6.07) is -1.52. The Morgan fingerprint density at radius 2 is 0.612 bits per heavy atom. The number of carbonyl (C=O) groups is 10. The number of Topliss-reactive ketones (excluding diaryl/α,β-unsaturated/α-hetero) is 2. The van der Waals surface area contributed by atoms with Gasteiger partial charge in [0.15, 0.2) is 41.5 Å². The number of rotatable bonds is 65. The third-order valence-corrected chi connectivity index (χ3v) is 13.7. The van der Waals surface area contributed by atoms with Gasteiger partial charge in [0.05, 0.1) is 119 Å². The Kier molecular flexibility index (Phi) is 53.5. The molecule has 0 aliphatic rings. The minimum atomic E-state index is -1.76. The Balaban J connectivity index is 7.73. The number of nitrogens with one attached hydrogen (secondary N) is 8. The van der Waals surface area contributed by atoms with Crippen molar-refractivity contribution in [1.82, 2.24) is 42.5 Å². The first-order chi connectivity index (χ1) is 49.1. The summed E-state index contributed by atoms with van der Waals surface area (Å²) in [6.07, 6.45) is -0.407. The first kappa shape index (κ1) is 93.4. The van der Waals surface area contributed by atoms with Gasteiger partial charge in [0.2, 0.25) is 47.3 Å². The number of ether oxygens (including phenoxy) is 6. The summed E-state index contributed by atoms with van der Waals surface area (Å²) >= 11 is 0. The van der Waals surface area contributed by atoms with Crippen molar-refractivity contribution in [2.45, 2.75) is 108 Å². The number of nitrogens with two attached hydrogens (primary N) is 13. The lowest BCUT2D eigenvalue weighted by Crippen LogP contribution is -2.62. The van der Waals surface area contributed by atoms with Crippen LogP contribution in [0.5, 0.6) is 0 Å². The highest BCUT2D eigenvalue weighted by Gasteiger charge is 2.39. The molecule has 44 nitrogen and oxygen atoms in total. The van der Waals surface area contributed by atoms with E-state index in [9.17, 15) is 43.2 Å². The molecule has 0 fully saturated rings. The summed E-state index contributed by atoms with van der Waals surface area (Å²) in [5.41, 5.74) is 61.7. The van der Waals surface area contributed by atoms with Crippen molar-refractivity contribution in [2.75, 3.05) is 164 Å². The number of ketones is 2. The number of amides is 8. The number of nitrogens with zero attached hydrogens (tertiary/aromatic N) is 6. The maximum atomic E-state index is 15.2. The van der Waals surface area contributed by atoms with Crippen LogP contribution in [0, 0.1) is 5.41 Å². The molecular weight excluding hydrogens is 1360 g/mol. The topological polar surface area (TPSA) is 744 Å². The van der Waals surface area contributed by atoms with E-state index in [4.69, 9.17) is 103 Å². The summed E-state index contributed by atoms with van der Waals surface area (Å²) < 4.78 is 36.5. The highest BCUT2D eigenvalue weighted by atomic mass is 16.6. The lowest BCUT2D eigenvalue weighted by Gasteiger charge is -2.36. The molecule has 0 bridgehead atoms. The summed E-state index contributed by atoms with van der Waals surface area (Å²) in [4.78, 5) is 161. The summed E-state index contributed by atoms with van der Waals surface area (Å²) in [5.74, 6) is -0.903. The zero-order valence-electron chi connectivity index (χ0n) is 59.0. The number of unbranched alkanes of at least 4 members (excludes halogenated alkanes) is 3. The highest BCUT2D eigenvalue weighted by Crippen LogP contribution is 2.27. The number of guanidine groups is 6. The van der Waals surface area contributed by atoms with Gasteiger partial charge in [0.25, 0.3) is 0 Å². The van der Waals surface area contributed by atoms with Gasteiger partial charge in [-0.1, -0.05) is 12.8 Å². The van der Waals surface area contributed by atoms with Crippen LogP contribution >= 0.6 is 0 Å². The molecule has 103 heavy (non-hydrogen) atoms. The fourth-order valence-electron chi connectivity index (χ4n) is 8.80. The van der Waals surface area contributed by atoms with E-state index in [0.29, 0.717) is 25.7 Å². The molecule has 0 saturated carbocycles. The molecule has 0 spiro atoms. The number of hydrogen-bond acceptors (Lipinski definition) is 24. The second-order valence-electron chi connectivity index (χ2n) is 23.2. The Bertz CT molecular complexity index is 2490. The van der Waals surface area contributed by atoms with Crippen molar-refractivity contribution in [1.29, 1.82) is 0 Å². The molecule has 588 valence electrons. The lowest BCUT2D eigenvalue weighted by atomic mass is 9.83. The van der Waals surface area contributed by atoms with Crippen molar-refractivity contribution in [3.63, 3.8) is 0 Å². The fraction of sp³-hybridized carbons (Fsp3) is 0.729. The van der Waals surface area contributed by atoms with Crippen LogP contribution in [0.2, 0.25) is 0 Å². The third kappa shape index (κ3) is 56.7. The van der Waals surface area contributed by atoms with Crippen LogP contribution in [0.4, 0.5) is 0 Å². The van der Waals surface area contributed by atoms with E-state index < -0.39 is 103 Å². The van der Waals surface area contributed by atoms with E-state index in [1.807, 2.05) is 0 Å². The fourth-order valence-corrected chi connectivity index (χ4v) is 8.80. The van der Waals surface area contributed by atoms with Gasteiger partial charge < -0.3 is 140 Å². The Morgan fingerprint density at radius 3 is 0.893 bits per heavy atom. The van der Waals surface area contributed by atoms with Crippen LogP contribution in [-0.2, 0) is 81.2 Å². The lowest BCUT2D eigenvalue weighted by molar-refractivity contribution is -0.136. The molecule has 0 heterocycles. The smallest absolute Gasteiger partial charge is 0.243 e. The van der Waals surface area contributed by atoms with E-state index >= 15 is 4.79 Å². The van der Waals surface area contributed by atoms with Crippen molar-refractivity contribution < 1.29 is 81.2 Å². The quantitative estimate of drug-likeness (QED) is 0.0116. The molecule has 0 aromatic heterocycles. The van der Waals surface area contributed by atoms with Crippen molar-refractivity contribution in [2.24, 2.45) is 110 Å². The van der Waals surface area contributed by atoms with Gasteiger partial charge in [-0.25, -0.2) is 5.90 Å². The Morgan fingerprint density at radius 1 is 0.330 bits per heavy atom. The molecule has 0 saturated heterocycles. The number of hydrogen-bond donors (Lipinski definition) is 21. The van der Waals surface area contributed by atoms with Crippen LogP contribution in [0.25, 0.3) is 0 Å². The number of aliphatic imine (C=N–C) groups is 6. The molecule has 0 aliphatic heterocycles. The van der Waals surface area contributed by atoms with E-state index in [1.165, 1.54) is 0 Å². The van der Waals surface area contributed by atoms with Crippen LogP contribution in [0.3, 0.4) is 0 Å². The summed E-state index contributed by atoms with van der Waals surface area (Å²) in [5, 5.41) is 21.6. The van der Waals surface area contributed by atoms with E-state index in [2.05, 4.69) is 77.3 Å². The molecule has 0 aromatic rings. The van der Waals surface area contributed by atoms with E-state index in [1.54, 1.807) is 0 Å². The van der Waals surface area contributed by atoms with Gasteiger partial charge in [-0.05, 0) is 19.3 Å². The second kappa shape index (κ2) is 59.0. The van der Waals surface area contributed by atoms with Crippen LogP contribution in [0.15, 0.2) is 30.0 Å². The van der Waals surface area contributed by atoms with Crippen LogP contribution in [0.1, 0.15) is 96.3 Å². The molecule has 1 atom stereocenters. The molecule has 0 rings (SSSR count). The van der Waals surface area contributed by atoms with Gasteiger partial charge in [-0.15, -0.1) is 0 Å². The SMILES string of the molecule is NOCC(=O)CCCCCCC(=O)N[C@@H](CCC(=O)CC(COCCC(=O)NCCN=C(N)N)(COCCC(=O)NCCN=C(N)N)COCCC(=O)NCCN=C(N)N)C(=O)NC(COCCC(=O)NCCN=C(N)N)(COCCC(=O)NCCN=C(N)N)COCCC(=O)NCCN=C(N)N. The first-order valence-electron chi connectivity index (χ1n) is 33.5. The molecule has 0 aromatic carbocycles. The molecule has 34 N–H and O–H groups in total. The van der Waals surface area contributed by atoms with Gasteiger partial charge in [0, 0.05) is 109 Å². The third-order valence-electron chi connectivity index (χ3n) is 13.7. The van der Waals surface area contributed by atoms with Gasteiger partial charge >= 0.3 is 0 Å². The largest absolute Gasteiger partial charge is 0.380 e. The average Bonchev–Trinajstić information content (AvgIpc) is 0.844. The van der Waals surface area contributed by atoms with Gasteiger partial charge in [-0.3, -0.25) is 82.7 Å². The average molecular weight is 1470 g/mol. The highest BCUT2D eigenvalue weighted by molar-refractivity contribution is 5.89. The molecule has 0 unspecified atom stereocenters. The van der Waals surface area contributed by atoms with Gasteiger partial charge in [0.1, 0.15) is 24.0 Å². The predicted octanol–water partition coefficient (Wildman–Crippen LogP) is -10.4. The molecular formula is C59H115N27O17. The maximum absolute atomic E-state index is 15.2. The molecule has 0 radical (unpaired) electrons. The first-order valence-corrected chi connectivity index (χ1v) is 33.5. The standard InChI is InChI=1S/C59H115N27O17/c60-52(61)79-21-15-73-44(89)9-27-97-35-58(36-98-28-10-45(90)74-16-22-80-53(62)63,37-99-29-11-46(91)75-17-23-81-54(64)65)33-41(87)7-8-43(85-50(95)6-4-2-1-3-5-42(88)34-103-72)51(96)86-59(38-100-30-12-47(92)76-18-24-82-55(66)67,39-101-31-13-48(93)77-19-25-83-56(68)69)40-102-32-14-49(94)78-20-26-84-57(70)71/h43H,1-40,72H2,(H,73,89)(H,74,90)(H,75,91)(H,76,92)(H,77,93)(H,78,94)(H,85,95)(H,86,96)(H4,60,61,79)(H4,62,63,80)(H4,64,65,81)(H4,66,67,82)(H4,68,69,83)(H4,70,71,84)/t43-/m0/s1. The van der Waals surface area contributed by atoms with Crippen LogP contribution < -0.4 is 117 Å². The van der Waals surface area contributed by atoms with Crippen LogP contribution in [-0.4, -0.2) is 271 Å². The van der Waals surface area contributed by atoms with E-state index in [-0.39, 0.29) is 244 Å². The normalized spacial score (nSPS) is 11.3. The maximum Gasteiger partial charge on any atom is 0.243 e. The minimum absolute atomic E-state index is 0.0830. The number of carbonyl (C=O) groups excluding carboxylic acids is 10. The zero-order chi connectivity index (χ0) is 76.9. The molecule has 8 amide bonds. The van der Waals surface area contributed by atoms with Crippen molar-refractivity contribution in [3.05, 3.63) is 0 Å². The van der Waals surface area contributed by atoms with Crippen molar-refractivity contribution >= 4 is 94.6 Å². The monoisotopic (exact) mass is 1470 g/mol. The molecule has 44 heteroatoms. The Labute approximate surface area is 598 Å².